The van der Waals surface area contributed by atoms with Gasteiger partial charge in [-0.05, 0) is 34.1 Å². The van der Waals surface area contributed by atoms with Crippen LogP contribution in [0.5, 0.6) is 0 Å². The first kappa shape index (κ1) is 17.7. The van der Waals surface area contributed by atoms with E-state index in [1.54, 1.807) is 0 Å². The minimum Gasteiger partial charge on any atom is -0.154 e. The van der Waals surface area contributed by atoms with Gasteiger partial charge in [0.05, 0.1) is 0 Å². The van der Waals surface area contributed by atoms with Crippen molar-refractivity contribution in [3.05, 3.63) is 69.9 Å². The number of rotatable bonds is 2. The minimum absolute atomic E-state index is 0. The van der Waals surface area contributed by atoms with E-state index in [9.17, 15) is 0 Å². The average molecular weight is 470 g/mol. The summed E-state index contributed by atoms with van der Waals surface area (Å²) in [7, 11) is -0.353. The summed E-state index contributed by atoms with van der Waals surface area (Å²) in [5.41, 5.74) is 11.2. The molecule has 3 aliphatic carbocycles. The van der Waals surface area contributed by atoms with E-state index >= 15 is 0 Å². The number of allylic oxidation sites excluding steroid dienone is 12. The van der Waals surface area contributed by atoms with Crippen LogP contribution < -0.4 is 0 Å². The largest absolute Gasteiger partial charge is 0.154 e. The summed E-state index contributed by atoms with van der Waals surface area (Å²) < 4.78 is 0. The molecule has 0 bridgehead atoms. The molecule has 0 aromatic carbocycles. The topological polar surface area (TPSA) is 0 Å². The molecule has 0 nitrogen and oxygen atoms in total. The van der Waals surface area contributed by atoms with Gasteiger partial charge in [0.2, 0.25) is 0 Å². The summed E-state index contributed by atoms with van der Waals surface area (Å²) in [6, 6.07) is 0. The van der Waals surface area contributed by atoms with Crippen molar-refractivity contribution in [1.29, 1.82) is 0 Å². The fourth-order valence-electron chi connectivity index (χ4n) is 3.55. The molecule has 0 saturated heterocycles. The predicted octanol–water partition coefficient (Wildman–Crippen LogP) is 4.96. The third kappa shape index (κ3) is 3.33. The van der Waals surface area contributed by atoms with Gasteiger partial charge in [0, 0.05) is 25.8 Å². The van der Waals surface area contributed by atoms with E-state index in [1.807, 2.05) is 0 Å². The van der Waals surface area contributed by atoms with Gasteiger partial charge in [0.25, 0.3) is 0 Å². The Morgan fingerprint density at radius 2 is 2.00 bits per heavy atom. The second-order valence-electron chi connectivity index (χ2n) is 6.40. The molecule has 0 aromatic heterocycles. The summed E-state index contributed by atoms with van der Waals surface area (Å²) >= 11 is 0. The molecule has 0 fully saturated rings. The molecule has 0 radical (unpaired) electrons. The zero-order valence-electron chi connectivity index (χ0n) is 14.0. The standard InChI is InChI=1S/C20H23Si.Hf/c1-14-8-7-11-18(14)19-15(2)12-16-9-5-6-10-17(20(16)19)13-21(3)4;/h5-9,13,17H,10-11H2,1-4H3;/q-1;. The van der Waals surface area contributed by atoms with Crippen LogP contribution >= 0.6 is 0 Å². The van der Waals surface area contributed by atoms with Crippen molar-refractivity contribution in [1.82, 2.24) is 0 Å². The van der Waals surface area contributed by atoms with Crippen LogP contribution in [-0.2, 0) is 25.8 Å². The number of hydrogen-bond donors (Lipinski definition) is 0. The van der Waals surface area contributed by atoms with E-state index in [2.05, 4.69) is 69.1 Å². The first-order valence-corrected chi connectivity index (χ1v) is 10.4. The molecular formula is C20H23HfSi-. The normalized spacial score (nSPS) is 23.0. The summed E-state index contributed by atoms with van der Waals surface area (Å²) in [5.74, 6) is 0.555. The van der Waals surface area contributed by atoms with Gasteiger partial charge in [-0.3, -0.25) is 0 Å². The third-order valence-electron chi connectivity index (χ3n) is 4.42. The second kappa shape index (κ2) is 7.31. The van der Waals surface area contributed by atoms with E-state index in [0.717, 1.165) is 12.8 Å². The van der Waals surface area contributed by atoms with Crippen molar-refractivity contribution in [3.63, 3.8) is 0 Å². The molecule has 0 amide bonds. The van der Waals surface area contributed by atoms with Crippen LogP contribution in [0.15, 0.2) is 63.8 Å². The van der Waals surface area contributed by atoms with Crippen molar-refractivity contribution < 1.29 is 25.8 Å². The third-order valence-corrected chi connectivity index (χ3v) is 5.49. The number of fused-ring (bicyclic) bond motifs is 1. The van der Waals surface area contributed by atoms with Crippen molar-refractivity contribution >= 4 is 14.1 Å². The maximum absolute atomic E-state index is 3.63. The van der Waals surface area contributed by atoms with Crippen LogP contribution in [0.2, 0.25) is 13.1 Å². The summed E-state index contributed by atoms with van der Waals surface area (Å²) in [4.78, 5) is 0. The number of hydrogen-bond acceptors (Lipinski definition) is 0. The van der Waals surface area contributed by atoms with Crippen LogP contribution in [0.25, 0.3) is 0 Å². The summed E-state index contributed by atoms with van der Waals surface area (Å²) in [6.45, 7) is 9.22. The molecule has 0 spiro atoms. The van der Waals surface area contributed by atoms with E-state index in [1.165, 1.54) is 33.4 Å². The molecule has 112 valence electrons. The molecule has 1 unspecified atom stereocenters. The average Bonchev–Trinajstić information content (AvgIpc) is 2.90. The second-order valence-corrected chi connectivity index (χ2v) is 8.89. The van der Waals surface area contributed by atoms with Gasteiger partial charge in [0.1, 0.15) is 0 Å². The molecular weight excluding hydrogens is 447 g/mol. The van der Waals surface area contributed by atoms with Crippen molar-refractivity contribution in [2.45, 2.75) is 39.8 Å². The molecule has 0 aliphatic heterocycles. The summed E-state index contributed by atoms with van der Waals surface area (Å²) in [6.07, 6.45) is 17.1. The Hall–Kier alpha value is -0.603. The van der Waals surface area contributed by atoms with Crippen molar-refractivity contribution in [2.24, 2.45) is 5.92 Å². The smallest absolute Gasteiger partial charge is 0 e. The van der Waals surface area contributed by atoms with E-state index in [4.69, 9.17) is 0 Å². The van der Waals surface area contributed by atoms with E-state index in [0.29, 0.717) is 5.92 Å². The fraction of sp³-hybridized carbons (Fsp3) is 0.350. The SMILES string of the molecule is CC1=[C-]C2=CC=CCC(C=[Si](C)C)C2=C1C1=C(C)C=CC1.[Hf]. The van der Waals surface area contributed by atoms with Crippen LogP contribution in [0.3, 0.4) is 0 Å². The molecule has 2 heteroatoms. The van der Waals surface area contributed by atoms with Gasteiger partial charge in [-0.1, -0.05) is 49.4 Å². The quantitative estimate of drug-likeness (QED) is 0.396. The maximum Gasteiger partial charge on any atom is 0 e. The molecule has 0 aromatic rings. The van der Waals surface area contributed by atoms with E-state index in [-0.39, 0.29) is 34.3 Å². The zero-order chi connectivity index (χ0) is 15.0. The molecule has 22 heavy (non-hydrogen) atoms. The van der Waals surface area contributed by atoms with Gasteiger partial charge in [0.15, 0.2) is 0 Å². The molecule has 0 N–H and O–H groups in total. The van der Waals surface area contributed by atoms with Crippen LogP contribution in [0.4, 0.5) is 0 Å². The Balaban J connectivity index is 0.00000176. The molecule has 0 heterocycles. The van der Waals surface area contributed by atoms with Crippen molar-refractivity contribution in [2.75, 3.05) is 0 Å². The van der Waals surface area contributed by atoms with Crippen LogP contribution in [0, 0.1) is 12.0 Å². The van der Waals surface area contributed by atoms with Gasteiger partial charge in [-0.2, -0.15) is 5.57 Å². The summed E-state index contributed by atoms with van der Waals surface area (Å²) in [5, 5.41) is 0. The first-order chi connectivity index (χ1) is 10.1. The van der Waals surface area contributed by atoms with E-state index < -0.39 is 0 Å². The van der Waals surface area contributed by atoms with Gasteiger partial charge < -0.3 is 0 Å². The Kier molecular flexibility index (Phi) is 5.90. The fourth-order valence-corrected chi connectivity index (χ4v) is 4.66. The first-order valence-electron chi connectivity index (χ1n) is 7.82. The molecule has 1 atom stereocenters. The zero-order valence-corrected chi connectivity index (χ0v) is 18.5. The predicted molar refractivity (Wildman–Crippen MR) is 94.8 cm³/mol. The monoisotopic (exact) mass is 471 g/mol. The Morgan fingerprint density at radius 1 is 1.23 bits per heavy atom. The minimum atomic E-state index is -0.353. The Bertz CT molecular complexity index is 689. The van der Waals surface area contributed by atoms with Gasteiger partial charge in [-0.15, -0.1) is 40.6 Å². The van der Waals surface area contributed by atoms with Gasteiger partial charge >= 0.3 is 0 Å². The van der Waals surface area contributed by atoms with Gasteiger partial charge in [-0.25, -0.2) is 0 Å². The molecule has 3 rings (SSSR count). The van der Waals surface area contributed by atoms with Crippen molar-refractivity contribution in [3.8, 4) is 0 Å². The molecule has 0 saturated carbocycles. The Morgan fingerprint density at radius 3 is 2.64 bits per heavy atom. The molecule has 3 aliphatic rings. The van der Waals surface area contributed by atoms with Crippen LogP contribution in [-0.4, -0.2) is 14.1 Å². The maximum atomic E-state index is 3.63. The Labute approximate surface area is 155 Å². The van der Waals surface area contributed by atoms with Crippen LogP contribution in [0.1, 0.15) is 26.7 Å².